The second-order valence-corrected chi connectivity index (χ2v) is 6.69. The molecule has 1 fully saturated rings. The maximum absolute atomic E-state index is 6.62. The van der Waals surface area contributed by atoms with Crippen molar-refractivity contribution in [1.82, 2.24) is 4.98 Å². The third-order valence-corrected chi connectivity index (χ3v) is 4.97. The third-order valence-electron chi connectivity index (χ3n) is 4.97. The zero-order chi connectivity index (χ0) is 14.3. The molecule has 2 heteroatoms. The van der Waals surface area contributed by atoms with Gasteiger partial charge >= 0.3 is 0 Å². The van der Waals surface area contributed by atoms with Gasteiger partial charge in [-0.25, -0.2) is 0 Å². The number of fused-ring (bicyclic) bond motifs is 1. The summed E-state index contributed by atoms with van der Waals surface area (Å²) in [5, 5.41) is 1.34. The van der Waals surface area contributed by atoms with Gasteiger partial charge in [-0.3, -0.25) is 0 Å². The van der Waals surface area contributed by atoms with Gasteiger partial charge in [0.15, 0.2) is 0 Å². The summed E-state index contributed by atoms with van der Waals surface area (Å²) in [6, 6.07) is 6.97. The normalized spacial score (nSPS) is 18.2. The SMILES string of the molecule is Cc1[nH]c2ccc(C(C)C)cc2c1C(N)C1CCCC1. The molecular weight excluding hydrogens is 244 g/mol. The lowest BCUT2D eigenvalue weighted by molar-refractivity contribution is 0.445. The van der Waals surface area contributed by atoms with Crippen LogP contribution in [-0.2, 0) is 0 Å². The number of nitrogens with one attached hydrogen (secondary N) is 1. The van der Waals surface area contributed by atoms with Crippen molar-refractivity contribution in [2.75, 3.05) is 0 Å². The lowest BCUT2D eigenvalue weighted by Crippen LogP contribution is -2.19. The zero-order valence-electron chi connectivity index (χ0n) is 12.9. The smallest absolute Gasteiger partial charge is 0.0459 e. The molecule has 108 valence electrons. The van der Waals surface area contributed by atoms with Gasteiger partial charge < -0.3 is 10.7 Å². The fourth-order valence-electron chi connectivity index (χ4n) is 3.71. The second kappa shape index (κ2) is 5.25. The quantitative estimate of drug-likeness (QED) is 0.827. The highest BCUT2D eigenvalue weighted by Crippen LogP contribution is 2.38. The van der Waals surface area contributed by atoms with Crippen molar-refractivity contribution in [1.29, 1.82) is 0 Å². The molecule has 0 saturated heterocycles. The molecule has 1 aromatic heterocycles. The van der Waals surface area contributed by atoms with Gasteiger partial charge in [0.1, 0.15) is 0 Å². The van der Waals surface area contributed by atoms with Gasteiger partial charge in [-0.2, -0.15) is 0 Å². The minimum absolute atomic E-state index is 0.189. The van der Waals surface area contributed by atoms with E-state index in [-0.39, 0.29) is 6.04 Å². The number of aromatic amines is 1. The van der Waals surface area contributed by atoms with Crippen LogP contribution in [0, 0.1) is 12.8 Å². The predicted octanol–water partition coefficient (Wildman–Crippen LogP) is 4.79. The van der Waals surface area contributed by atoms with E-state index in [4.69, 9.17) is 5.73 Å². The van der Waals surface area contributed by atoms with Crippen LogP contribution in [0.1, 0.15) is 68.3 Å². The Morgan fingerprint density at radius 2 is 1.90 bits per heavy atom. The molecule has 0 spiro atoms. The molecule has 1 heterocycles. The van der Waals surface area contributed by atoms with Gasteiger partial charge in [0.2, 0.25) is 0 Å². The summed E-state index contributed by atoms with van der Waals surface area (Å²) in [6.45, 7) is 6.66. The molecule has 0 bridgehead atoms. The van der Waals surface area contributed by atoms with Crippen LogP contribution in [-0.4, -0.2) is 4.98 Å². The molecule has 0 radical (unpaired) electrons. The second-order valence-electron chi connectivity index (χ2n) is 6.69. The standard InChI is InChI=1S/C18H26N2/c1-11(2)14-8-9-16-15(10-14)17(12(3)20-16)18(19)13-6-4-5-7-13/h8-11,13,18,20H,4-7,19H2,1-3H3. The molecule has 1 saturated carbocycles. The molecular formula is C18H26N2. The fraction of sp³-hybridized carbons (Fsp3) is 0.556. The molecule has 0 aliphatic heterocycles. The van der Waals surface area contributed by atoms with Crippen molar-refractivity contribution in [2.24, 2.45) is 11.7 Å². The minimum Gasteiger partial charge on any atom is -0.358 e. The summed E-state index contributed by atoms with van der Waals surface area (Å²) in [4.78, 5) is 3.52. The zero-order valence-corrected chi connectivity index (χ0v) is 12.9. The third kappa shape index (κ3) is 2.26. The maximum Gasteiger partial charge on any atom is 0.0459 e. The van der Waals surface area contributed by atoms with Crippen molar-refractivity contribution in [3.63, 3.8) is 0 Å². The minimum atomic E-state index is 0.189. The molecule has 3 rings (SSSR count). The van der Waals surface area contributed by atoms with Crippen LogP contribution in [0.4, 0.5) is 0 Å². The topological polar surface area (TPSA) is 41.8 Å². The van der Waals surface area contributed by atoms with Gasteiger partial charge in [-0.05, 0) is 54.9 Å². The van der Waals surface area contributed by atoms with E-state index in [0.717, 1.165) is 0 Å². The van der Waals surface area contributed by atoms with Crippen molar-refractivity contribution in [2.45, 2.75) is 58.4 Å². The Morgan fingerprint density at radius 1 is 1.20 bits per heavy atom. The van der Waals surface area contributed by atoms with Crippen molar-refractivity contribution in [3.05, 3.63) is 35.0 Å². The Balaban J connectivity index is 2.08. The first-order valence-corrected chi connectivity index (χ1v) is 7.95. The molecule has 1 unspecified atom stereocenters. The number of rotatable bonds is 3. The van der Waals surface area contributed by atoms with Gasteiger partial charge in [0.25, 0.3) is 0 Å². The van der Waals surface area contributed by atoms with E-state index in [1.165, 1.54) is 53.4 Å². The first-order valence-electron chi connectivity index (χ1n) is 7.95. The highest BCUT2D eigenvalue weighted by Gasteiger charge is 2.26. The summed E-state index contributed by atoms with van der Waals surface area (Å²) in [6.07, 6.45) is 5.27. The molecule has 1 aliphatic carbocycles. The van der Waals surface area contributed by atoms with Crippen LogP contribution in [0.3, 0.4) is 0 Å². The monoisotopic (exact) mass is 270 g/mol. The maximum atomic E-state index is 6.62. The lowest BCUT2D eigenvalue weighted by atomic mass is 9.89. The van der Waals surface area contributed by atoms with Gasteiger partial charge in [-0.1, -0.05) is 32.8 Å². The van der Waals surface area contributed by atoms with E-state index in [2.05, 4.69) is 44.0 Å². The first-order chi connectivity index (χ1) is 9.58. The van der Waals surface area contributed by atoms with E-state index in [9.17, 15) is 0 Å². The number of hydrogen-bond acceptors (Lipinski definition) is 1. The van der Waals surface area contributed by atoms with Crippen molar-refractivity contribution in [3.8, 4) is 0 Å². The van der Waals surface area contributed by atoms with Crippen LogP contribution in [0.25, 0.3) is 10.9 Å². The average molecular weight is 270 g/mol. The van der Waals surface area contributed by atoms with E-state index >= 15 is 0 Å². The largest absolute Gasteiger partial charge is 0.358 e. The first kappa shape index (κ1) is 13.7. The summed E-state index contributed by atoms with van der Waals surface area (Å²) in [5.41, 5.74) is 11.9. The molecule has 20 heavy (non-hydrogen) atoms. The average Bonchev–Trinajstić information content (AvgIpc) is 3.03. The summed E-state index contributed by atoms with van der Waals surface area (Å²) in [5.74, 6) is 1.22. The Labute approximate surface area is 121 Å². The number of nitrogens with two attached hydrogens (primary N) is 1. The molecule has 0 amide bonds. The highest BCUT2D eigenvalue weighted by molar-refractivity contribution is 5.86. The van der Waals surface area contributed by atoms with Crippen LogP contribution in [0.5, 0.6) is 0 Å². The van der Waals surface area contributed by atoms with E-state index in [1.807, 2.05) is 0 Å². The number of benzene rings is 1. The number of aryl methyl sites for hydroxylation is 1. The van der Waals surface area contributed by atoms with E-state index in [0.29, 0.717) is 11.8 Å². The number of hydrogen-bond donors (Lipinski definition) is 2. The Morgan fingerprint density at radius 3 is 2.55 bits per heavy atom. The fourth-order valence-corrected chi connectivity index (χ4v) is 3.71. The summed E-state index contributed by atoms with van der Waals surface area (Å²) in [7, 11) is 0. The van der Waals surface area contributed by atoms with Crippen LogP contribution >= 0.6 is 0 Å². The Kier molecular flexibility index (Phi) is 3.59. The molecule has 2 nitrogen and oxygen atoms in total. The predicted molar refractivity (Wildman–Crippen MR) is 86.0 cm³/mol. The van der Waals surface area contributed by atoms with E-state index < -0.39 is 0 Å². The van der Waals surface area contributed by atoms with E-state index in [1.54, 1.807) is 0 Å². The molecule has 3 N–H and O–H groups in total. The highest BCUT2D eigenvalue weighted by atomic mass is 14.8. The number of H-pyrrole nitrogens is 1. The van der Waals surface area contributed by atoms with Gasteiger partial charge in [0, 0.05) is 22.6 Å². The van der Waals surface area contributed by atoms with Crippen molar-refractivity contribution >= 4 is 10.9 Å². The van der Waals surface area contributed by atoms with Crippen LogP contribution < -0.4 is 5.73 Å². The molecule has 1 aliphatic rings. The van der Waals surface area contributed by atoms with Crippen molar-refractivity contribution < 1.29 is 0 Å². The van der Waals surface area contributed by atoms with Gasteiger partial charge in [0.05, 0.1) is 0 Å². The van der Waals surface area contributed by atoms with Gasteiger partial charge in [-0.15, -0.1) is 0 Å². The molecule has 1 aromatic carbocycles. The lowest BCUT2D eigenvalue weighted by Gasteiger charge is -2.20. The van der Waals surface area contributed by atoms with Crippen LogP contribution in [0.2, 0.25) is 0 Å². The van der Waals surface area contributed by atoms with Crippen LogP contribution in [0.15, 0.2) is 18.2 Å². The summed E-state index contributed by atoms with van der Waals surface area (Å²) >= 11 is 0. The summed E-state index contributed by atoms with van der Waals surface area (Å²) < 4.78 is 0. The molecule has 1 atom stereocenters. The Bertz CT molecular complexity index is 603. The number of aromatic nitrogens is 1. The molecule has 2 aromatic rings. The Hall–Kier alpha value is -1.28.